The smallest absolute Gasteiger partial charge is 0.306 e. The summed E-state index contributed by atoms with van der Waals surface area (Å²) in [5.41, 5.74) is 2.59. The molecule has 0 radical (unpaired) electrons. The molecule has 0 amide bonds. The van der Waals surface area contributed by atoms with Crippen molar-refractivity contribution in [3.8, 4) is 0 Å². The van der Waals surface area contributed by atoms with Crippen molar-refractivity contribution in [3.63, 3.8) is 0 Å². The number of rotatable bonds is 7. The Bertz CT molecular complexity index is 346. The zero-order chi connectivity index (χ0) is 12.7. The van der Waals surface area contributed by atoms with Crippen LogP contribution in [0.5, 0.6) is 0 Å². The first-order valence-corrected chi connectivity index (χ1v) is 6.08. The summed E-state index contributed by atoms with van der Waals surface area (Å²) in [7, 11) is 0. The summed E-state index contributed by atoms with van der Waals surface area (Å²) >= 11 is 0. The highest BCUT2D eigenvalue weighted by molar-refractivity contribution is 5.69. The van der Waals surface area contributed by atoms with Gasteiger partial charge in [-0.2, -0.15) is 0 Å². The number of hydrogen-bond donors (Lipinski definition) is 2. The molecular formula is C14H21NO2. The van der Waals surface area contributed by atoms with Crippen LogP contribution >= 0.6 is 0 Å². The van der Waals surface area contributed by atoms with Crippen LogP contribution in [0.3, 0.4) is 0 Å². The summed E-state index contributed by atoms with van der Waals surface area (Å²) in [6.07, 6.45) is 1.67. The van der Waals surface area contributed by atoms with E-state index in [0.29, 0.717) is 6.42 Å². The molecule has 0 saturated heterocycles. The summed E-state index contributed by atoms with van der Waals surface area (Å²) in [6.45, 7) is 5.48. The molecule has 3 heteroatoms. The quantitative estimate of drug-likeness (QED) is 0.713. The van der Waals surface area contributed by atoms with Crippen LogP contribution in [0.4, 0.5) is 0 Å². The van der Waals surface area contributed by atoms with E-state index in [-0.39, 0.29) is 5.92 Å². The molecule has 0 spiro atoms. The third kappa shape index (κ3) is 5.50. The molecule has 1 atom stereocenters. The lowest BCUT2D eigenvalue weighted by Gasteiger charge is -2.07. The number of aliphatic carboxylic acids is 1. The van der Waals surface area contributed by atoms with Crippen LogP contribution in [-0.4, -0.2) is 24.2 Å². The van der Waals surface area contributed by atoms with Crippen molar-refractivity contribution in [1.29, 1.82) is 0 Å². The molecule has 94 valence electrons. The standard InChI is InChI=1S/C14H21NO2/c1-11-3-5-13(6-4-11)8-10-15-9-7-12(2)14(16)17/h3-6,12,15H,7-10H2,1-2H3,(H,16,17). The maximum Gasteiger partial charge on any atom is 0.306 e. The molecule has 1 rings (SSSR count). The molecule has 0 saturated carbocycles. The van der Waals surface area contributed by atoms with Gasteiger partial charge in [0.25, 0.3) is 0 Å². The molecule has 0 aromatic heterocycles. The van der Waals surface area contributed by atoms with E-state index >= 15 is 0 Å². The molecule has 0 fully saturated rings. The molecular weight excluding hydrogens is 214 g/mol. The number of carboxylic acids is 1. The van der Waals surface area contributed by atoms with Gasteiger partial charge < -0.3 is 10.4 Å². The highest BCUT2D eigenvalue weighted by atomic mass is 16.4. The van der Waals surface area contributed by atoms with E-state index < -0.39 is 5.97 Å². The topological polar surface area (TPSA) is 49.3 Å². The molecule has 0 aliphatic rings. The van der Waals surface area contributed by atoms with Gasteiger partial charge in [-0.1, -0.05) is 36.8 Å². The Morgan fingerprint density at radius 3 is 2.53 bits per heavy atom. The molecule has 0 bridgehead atoms. The van der Waals surface area contributed by atoms with Gasteiger partial charge in [0.05, 0.1) is 5.92 Å². The number of carbonyl (C=O) groups is 1. The van der Waals surface area contributed by atoms with E-state index in [1.807, 2.05) is 0 Å². The maximum absolute atomic E-state index is 10.6. The van der Waals surface area contributed by atoms with Crippen molar-refractivity contribution < 1.29 is 9.90 Å². The normalized spacial score (nSPS) is 12.4. The van der Waals surface area contributed by atoms with Gasteiger partial charge in [0.1, 0.15) is 0 Å². The van der Waals surface area contributed by atoms with Gasteiger partial charge in [-0.25, -0.2) is 0 Å². The lowest BCUT2D eigenvalue weighted by Crippen LogP contribution is -2.22. The van der Waals surface area contributed by atoms with Crippen LogP contribution in [0, 0.1) is 12.8 Å². The summed E-state index contributed by atoms with van der Waals surface area (Å²) in [6, 6.07) is 8.50. The molecule has 0 heterocycles. The Morgan fingerprint density at radius 2 is 1.94 bits per heavy atom. The van der Waals surface area contributed by atoms with E-state index in [2.05, 4.69) is 36.5 Å². The van der Waals surface area contributed by atoms with Crippen LogP contribution in [0.2, 0.25) is 0 Å². The van der Waals surface area contributed by atoms with E-state index in [4.69, 9.17) is 5.11 Å². The lowest BCUT2D eigenvalue weighted by atomic mass is 10.1. The van der Waals surface area contributed by atoms with Crippen LogP contribution in [0.15, 0.2) is 24.3 Å². The number of nitrogens with one attached hydrogen (secondary N) is 1. The second-order valence-corrected chi connectivity index (χ2v) is 4.51. The van der Waals surface area contributed by atoms with E-state index in [1.165, 1.54) is 11.1 Å². The van der Waals surface area contributed by atoms with Gasteiger partial charge in [-0.3, -0.25) is 4.79 Å². The number of aryl methyl sites for hydroxylation is 1. The molecule has 17 heavy (non-hydrogen) atoms. The van der Waals surface area contributed by atoms with Gasteiger partial charge in [0.15, 0.2) is 0 Å². The van der Waals surface area contributed by atoms with E-state index in [9.17, 15) is 4.79 Å². The van der Waals surface area contributed by atoms with Crippen LogP contribution in [0.1, 0.15) is 24.5 Å². The fourth-order valence-corrected chi connectivity index (χ4v) is 1.55. The summed E-state index contributed by atoms with van der Waals surface area (Å²) in [5.74, 6) is -0.979. The Balaban J connectivity index is 2.12. The fourth-order valence-electron chi connectivity index (χ4n) is 1.55. The first-order valence-electron chi connectivity index (χ1n) is 6.08. The van der Waals surface area contributed by atoms with Crippen LogP contribution in [0.25, 0.3) is 0 Å². The molecule has 1 aromatic carbocycles. The highest BCUT2D eigenvalue weighted by Gasteiger charge is 2.09. The van der Waals surface area contributed by atoms with Crippen molar-refractivity contribution in [3.05, 3.63) is 35.4 Å². The highest BCUT2D eigenvalue weighted by Crippen LogP contribution is 2.03. The minimum absolute atomic E-state index is 0.262. The Labute approximate surface area is 103 Å². The predicted molar refractivity (Wildman–Crippen MR) is 69.2 cm³/mol. The first kappa shape index (κ1) is 13.7. The zero-order valence-corrected chi connectivity index (χ0v) is 10.6. The van der Waals surface area contributed by atoms with E-state index in [0.717, 1.165) is 19.5 Å². The second-order valence-electron chi connectivity index (χ2n) is 4.51. The lowest BCUT2D eigenvalue weighted by molar-refractivity contribution is -0.141. The van der Waals surface area contributed by atoms with E-state index in [1.54, 1.807) is 6.92 Å². The van der Waals surface area contributed by atoms with Gasteiger partial charge in [0, 0.05) is 0 Å². The monoisotopic (exact) mass is 235 g/mol. The van der Waals surface area contributed by atoms with Gasteiger partial charge in [-0.15, -0.1) is 0 Å². The summed E-state index contributed by atoms with van der Waals surface area (Å²) in [4.78, 5) is 10.6. The maximum atomic E-state index is 10.6. The van der Waals surface area contributed by atoms with Crippen LogP contribution < -0.4 is 5.32 Å². The molecule has 2 N–H and O–H groups in total. The zero-order valence-electron chi connectivity index (χ0n) is 10.6. The number of hydrogen-bond acceptors (Lipinski definition) is 2. The second kappa shape index (κ2) is 7.07. The van der Waals surface area contributed by atoms with Crippen LogP contribution in [-0.2, 0) is 11.2 Å². The first-order chi connectivity index (χ1) is 8.09. The largest absolute Gasteiger partial charge is 0.481 e. The minimum atomic E-state index is -0.717. The van der Waals surface area contributed by atoms with Crippen molar-refractivity contribution >= 4 is 5.97 Å². The SMILES string of the molecule is Cc1ccc(CCNCCC(C)C(=O)O)cc1. The number of carboxylic acid groups (broad SMARTS) is 1. The van der Waals surface area contributed by atoms with Crippen molar-refractivity contribution in [2.45, 2.75) is 26.7 Å². The minimum Gasteiger partial charge on any atom is -0.481 e. The average molecular weight is 235 g/mol. The molecule has 3 nitrogen and oxygen atoms in total. The van der Waals surface area contributed by atoms with Crippen molar-refractivity contribution in [2.24, 2.45) is 5.92 Å². The van der Waals surface area contributed by atoms with Crippen molar-refractivity contribution in [2.75, 3.05) is 13.1 Å². The Hall–Kier alpha value is -1.35. The van der Waals surface area contributed by atoms with Gasteiger partial charge >= 0.3 is 5.97 Å². The third-order valence-electron chi connectivity index (χ3n) is 2.89. The number of benzene rings is 1. The predicted octanol–water partition coefficient (Wildman–Crippen LogP) is 2.24. The van der Waals surface area contributed by atoms with Gasteiger partial charge in [0.2, 0.25) is 0 Å². The summed E-state index contributed by atoms with van der Waals surface area (Å²) < 4.78 is 0. The Morgan fingerprint density at radius 1 is 1.29 bits per heavy atom. The fraction of sp³-hybridized carbons (Fsp3) is 0.500. The molecule has 0 aliphatic heterocycles. The third-order valence-corrected chi connectivity index (χ3v) is 2.89. The Kier molecular flexibility index (Phi) is 5.70. The molecule has 1 aromatic rings. The van der Waals surface area contributed by atoms with Crippen molar-refractivity contribution in [1.82, 2.24) is 5.32 Å². The molecule has 1 unspecified atom stereocenters. The average Bonchev–Trinajstić information content (AvgIpc) is 2.30. The molecule has 0 aliphatic carbocycles. The summed E-state index contributed by atoms with van der Waals surface area (Å²) in [5, 5.41) is 12.0. The van der Waals surface area contributed by atoms with Gasteiger partial charge in [-0.05, 0) is 38.4 Å².